The van der Waals surface area contributed by atoms with Crippen LogP contribution in [0.25, 0.3) is 11.1 Å². The summed E-state index contributed by atoms with van der Waals surface area (Å²) in [6.07, 6.45) is -5.62. The predicted molar refractivity (Wildman–Crippen MR) is 395 cm³/mol. The van der Waals surface area contributed by atoms with E-state index in [9.17, 15) is 34.2 Å². The number of carboxylic acid groups (broad SMARTS) is 1. The van der Waals surface area contributed by atoms with E-state index in [1.807, 2.05) is 98.8 Å². The number of aliphatic carboxylic acids is 1. The lowest BCUT2D eigenvalue weighted by Crippen LogP contribution is -2.62. The number of carbonyl (C=O) groups excluding carboxylic acids is 8. The predicted octanol–water partition coefficient (Wildman–Crippen LogP) is 11.6. The van der Waals surface area contributed by atoms with Gasteiger partial charge in [-0.25, -0.2) is 19.2 Å². The van der Waals surface area contributed by atoms with Crippen molar-refractivity contribution < 1.29 is 67.6 Å². The van der Waals surface area contributed by atoms with Gasteiger partial charge in [-0.15, -0.1) is 0 Å². The fourth-order valence-electron chi connectivity index (χ4n) is 13.0. The molecular formula is C83H82ClN7O14. The van der Waals surface area contributed by atoms with Gasteiger partial charge in [0.15, 0.2) is 12.1 Å². The molecule has 0 saturated heterocycles. The molecule has 0 aromatic heterocycles. The zero-order valence-electron chi connectivity index (χ0n) is 58.6. The number of hydrogen-bond acceptors (Lipinski definition) is 13. The average Bonchev–Trinajstić information content (AvgIpc) is 1.75. The largest absolute Gasteiger partial charge is 0.506 e. The van der Waals surface area contributed by atoms with Gasteiger partial charge < -0.3 is 61.6 Å². The number of benzene rings is 9. The summed E-state index contributed by atoms with van der Waals surface area (Å²) in [5.41, 5.74) is 2.19. The summed E-state index contributed by atoms with van der Waals surface area (Å²) >= 11 is 6.49. The lowest BCUT2D eigenvalue weighted by Gasteiger charge is -2.38. The summed E-state index contributed by atoms with van der Waals surface area (Å²) in [7, 11) is 0. The summed E-state index contributed by atoms with van der Waals surface area (Å²) in [4.78, 5) is 134. The number of esters is 1. The molecule has 0 radical (unpaired) electrons. The van der Waals surface area contributed by atoms with Gasteiger partial charge in [-0.3, -0.25) is 24.0 Å². The molecule has 0 aliphatic heterocycles. The van der Waals surface area contributed by atoms with Gasteiger partial charge in [-0.1, -0.05) is 262 Å². The number of amides is 7. The first-order valence-corrected chi connectivity index (χ1v) is 34.6. The molecule has 0 bridgehead atoms. The second-order valence-electron chi connectivity index (χ2n) is 26.9. The third-order valence-corrected chi connectivity index (χ3v) is 18.2. The molecule has 0 fully saturated rings. The van der Waals surface area contributed by atoms with Crippen molar-refractivity contribution >= 4 is 65.3 Å². The summed E-state index contributed by atoms with van der Waals surface area (Å²) in [6, 6.07) is 61.9. The Morgan fingerprint density at radius 3 is 1.32 bits per heavy atom. The van der Waals surface area contributed by atoms with Crippen LogP contribution in [0.1, 0.15) is 116 Å². The Bertz CT molecular complexity index is 4330. The second kappa shape index (κ2) is 33.8. The van der Waals surface area contributed by atoms with Crippen LogP contribution in [-0.4, -0.2) is 106 Å². The summed E-state index contributed by atoms with van der Waals surface area (Å²) in [6.45, 7) is 9.55. The highest BCUT2D eigenvalue weighted by atomic mass is 35.5. The van der Waals surface area contributed by atoms with Crippen LogP contribution in [0, 0.1) is 5.92 Å². The van der Waals surface area contributed by atoms with E-state index in [0.29, 0.717) is 33.4 Å². The number of alkyl carbamates (subject to hydrolysis) is 2. The van der Waals surface area contributed by atoms with E-state index >= 15 is 19.2 Å². The minimum Gasteiger partial charge on any atom is -0.506 e. The van der Waals surface area contributed by atoms with Crippen LogP contribution in [0.5, 0.6) is 5.75 Å². The molecule has 9 N–H and O–H groups in total. The summed E-state index contributed by atoms with van der Waals surface area (Å²) in [5, 5.41) is 40.8. The Kier molecular flexibility index (Phi) is 24.3. The fraction of sp³-hybridized carbons (Fsp3) is 0.241. The normalized spacial score (nSPS) is 13.6. The molecule has 21 nitrogen and oxygen atoms in total. The van der Waals surface area contributed by atoms with E-state index in [1.54, 1.807) is 166 Å². The maximum atomic E-state index is 16.2. The minimum absolute atomic E-state index is 0.0993. The fourth-order valence-corrected chi connectivity index (χ4v) is 13.2. The van der Waals surface area contributed by atoms with E-state index in [-0.39, 0.29) is 29.5 Å². The maximum absolute atomic E-state index is 16.2. The molecule has 10 rings (SSSR count). The van der Waals surface area contributed by atoms with Gasteiger partial charge in [0, 0.05) is 5.92 Å². The molecule has 9 aromatic rings. The van der Waals surface area contributed by atoms with E-state index in [4.69, 9.17) is 25.8 Å². The van der Waals surface area contributed by atoms with E-state index in [2.05, 4.69) is 37.2 Å². The molecule has 7 amide bonds. The van der Waals surface area contributed by atoms with Crippen LogP contribution < -0.4 is 37.2 Å². The standard InChI is InChI=1S/C83H82ClN7O14/c1-51(2)47-66(87-80(102)105-81(4,5)6)74(95)85-52(3)73(94)88-70(53-45-46-68(92)65(84)48-53)78(100)104-72(76(97)91-83(57-35-19-10-20-36-57,58-37-21-11-22-38-58)59-39-23-12-24-40-59)71(77(98)99)89-75(96)67(86-79(101)103-50-64-62-43-27-25-41-60(62)61-42-26-28-44-63(61)64)49-69(93)90-82(54-29-13-7-14-30-54,55-31-15-8-16-32-55)56-33-17-9-18-34-56/h7-46,48,51-52,64,66-67,70-72,92H,47,49-50H2,1-6H3,(H,85,95)(H,86,101)(H,87,102)(H,88,94)(H,89,96)(H,90,93)(H,91,97)(H,98,99)/t52-,66+,67+,70+,71-,72+/m1/s1. The number of halogens is 1. The molecular weight excluding hydrogens is 1350 g/mol. The Morgan fingerprint density at radius 1 is 0.476 bits per heavy atom. The van der Waals surface area contributed by atoms with Crippen molar-refractivity contribution in [3.05, 3.63) is 304 Å². The molecule has 22 heteroatoms. The van der Waals surface area contributed by atoms with Crippen molar-refractivity contribution in [1.82, 2.24) is 37.2 Å². The Hall–Kier alpha value is -12.1. The second-order valence-corrected chi connectivity index (χ2v) is 27.3. The third-order valence-electron chi connectivity index (χ3n) is 17.9. The summed E-state index contributed by atoms with van der Waals surface area (Å²) in [5.74, 6) is -10.1. The quantitative estimate of drug-likeness (QED) is 0.0125. The zero-order valence-corrected chi connectivity index (χ0v) is 59.3. The number of rotatable bonds is 28. The molecule has 0 heterocycles. The molecule has 540 valence electrons. The molecule has 1 aliphatic carbocycles. The Balaban J connectivity index is 1.06. The number of ether oxygens (including phenoxy) is 3. The highest BCUT2D eigenvalue weighted by molar-refractivity contribution is 6.32. The number of carbonyl (C=O) groups is 9. The third kappa shape index (κ3) is 18.0. The van der Waals surface area contributed by atoms with Crippen molar-refractivity contribution in [2.45, 2.75) is 113 Å². The molecule has 9 aromatic carbocycles. The first-order chi connectivity index (χ1) is 50.4. The first kappa shape index (κ1) is 75.6. The van der Waals surface area contributed by atoms with Crippen LogP contribution >= 0.6 is 11.6 Å². The number of hydrogen-bond donors (Lipinski definition) is 9. The highest BCUT2D eigenvalue weighted by Gasteiger charge is 2.48. The maximum Gasteiger partial charge on any atom is 0.408 e. The van der Waals surface area contributed by atoms with E-state index in [1.165, 1.54) is 13.0 Å². The Morgan fingerprint density at radius 2 is 0.895 bits per heavy atom. The first-order valence-electron chi connectivity index (χ1n) is 34.3. The molecule has 0 unspecified atom stereocenters. The number of aromatic hydroxyl groups is 1. The molecule has 0 saturated carbocycles. The van der Waals surface area contributed by atoms with Gasteiger partial charge in [0.05, 0.1) is 11.4 Å². The highest BCUT2D eigenvalue weighted by Crippen LogP contribution is 2.45. The number of fused-ring (bicyclic) bond motifs is 3. The van der Waals surface area contributed by atoms with Crippen molar-refractivity contribution in [3.63, 3.8) is 0 Å². The molecule has 1 aliphatic rings. The molecule has 0 spiro atoms. The van der Waals surface area contributed by atoms with Crippen molar-refractivity contribution in [2.75, 3.05) is 6.61 Å². The van der Waals surface area contributed by atoms with Crippen LogP contribution in [0.15, 0.2) is 249 Å². The minimum atomic E-state index is -2.68. The lowest BCUT2D eigenvalue weighted by molar-refractivity contribution is -0.166. The van der Waals surface area contributed by atoms with Crippen LogP contribution in [0.3, 0.4) is 0 Å². The monoisotopic (exact) mass is 1440 g/mol. The van der Waals surface area contributed by atoms with Crippen molar-refractivity contribution in [2.24, 2.45) is 5.92 Å². The van der Waals surface area contributed by atoms with E-state index < -0.39 is 125 Å². The number of carboxylic acids is 1. The van der Waals surface area contributed by atoms with Crippen LogP contribution in [0.4, 0.5) is 9.59 Å². The number of nitrogens with one attached hydrogen (secondary N) is 7. The number of phenols is 1. The van der Waals surface area contributed by atoms with Crippen LogP contribution in [-0.2, 0) is 58.9 Å². The Labute approximate surface area is 613 Å². The van der Waals surface area contributed by atoms with Gasteiger partial charge in [0.25, 0.3) is 5.91 Å². The van der Waals surface area contributed by atoms with Gasteiger partial charge >= 0.3 is 24.1 Å². The topological polar surface area (TPSA) is 306 Å². The van der Waals surface area contributed by atoms with Crippen molar-refractivity contribution in [3.8, 4) is 16.9 Å². The molecule has 105 heavy (non-hydrogen) atoms. The zero-order chi connectivity index (χ0) is 75.0. The average molecular weight is 1440 g/mol. The van der Waals surface area contributed by atoms with Crippen molar-refractivity contribution in [1.29, 1.82) is 0 Å². The van der Waals surface area contributed by atoms with Gasteiger partial charge in [-0.2, -0.15) is 0 Å². The van der Waals surface area contributed by atoms with Gasteiger partial charge in [-0.05, 0) is 113 Å². The van der Waals surface area contributed by atoms with Crippen LogP contribution in [0.2, 0.25) is 5.02 Å². The summed E-state index contributed by atoms with van der Waals surface area (Å²) < 4.78 is 17.6. The SMILES string of the molecule is CC(C)C[C@H](NC(=O)OC(C)(C)C)C(=O)N[C@H](C)C(=O)N[C@H](C(=O)O[C@H](C(=O)NC(c1ccccc1)(c1ccccc1)c1ccccc1)[C@@H](NC(=O)[C@H](CC(=O)NC(c1ccccc1)(c1ccccc1)c1ccccc1)NC(=O)OCC1c2ccccc2-c2ccccc21)C(=O)O)c1ccc(O)c(Cl)c1. The number of phenolic OH excluding ortho intramolecular Hbond substituents is 1. The van der Waals surface area contributed by atoms with Gasteiger partial charge in [0.1, 0.15) is 47.2 Å². The van der Waals surface area contributed by atoms with Gasteiger partial charge in [0.2, 0.25) is 29.7 Å². The van der Waals surface area contributed by atoms with E-state index in [0.717, 1.165) is 34.4 Å². The molecule has 6 atom stereocenters. The smallest absolute Gasteiger partial charge is 0.408 e. The lowest BCUT2D eigenvalue weighted by atomic mass is 9.76.